The summed E-state index contributed by atoms with van der Waals surface area (Å²) >= 11 is 1.30. The van der Waals surface area contributed by atoms with Crippen LogP contribution in [-0.4, -0.2) is 31.9 Å². The average molecular weight is 397 g/mol. The van der Waals surface area contributed by atoms with Gasteiger partial charge in [0.05, 0.1) is 18.2 Å². The number of rotatable bonds is 6. The fourth-order valence-corrected chi connectivity index (χ4v) is 3.96. The monoisotopic (exact) mass is 397 g/mol. The maximum Gasteiger partial charge on any atom is 0.341 e. The first-order chi connectivity index (χ1) is 13.5. The largest absolute Gasteiger partial charge is 0.483 e. The molecule has 1 N–H and O–H groups in total. The number of benzene rings is 2. The topological polar surface area (TPSA) is 81.7 Å². The molecule has 0 saturated carbocycles. The van der Waals surface area contributed by atoms with Crippen LogP contribution in [-0.2, 0) is 9.53 Å². The molecule has 28 heavy (non-hydrogen) atoms. The zero-order valence-corrected chi connectivity index (χ0v) is 16.5. The fraction of sp³-hybridized carbons (Fsp3) is 0.190. The van der Waals surface area contributed by atoms with E-state index in [0.29, 0.717) is 21.9 Å². The molecule has 0 aliphatic carbocycles. The zero-order chi connectivity index (χ0) is 20.3. The summed E-state index contributed by atoms with van der Waals surface area (Å²) in [6.45, 7) is 3.37. The van der Waals surface area contributed by atoms with Crippen LogP contribution in [0.15, 0.2) is 36.4 Å². The van der Waals surface area contributed by atoms with E-state index in [2.05, 4.69) is 5.32 Å². The van der Waals surface area contributed by atoms with E-state index < -0.39 is 11.9 Å². The standard InChI is InChI=1S/C21H19NO5S/c1-12-13(2)28-20(19(12)21(25)26-3)22-18(24)11-27-17-9-8-14-6-4-5-7-15(14)16(17)10-23/h4-10H,11H2,1-3H3,(H,22,24). The molecule has 1 amide bonds. The number of aryl methyl sites for hydroxylation is 1. The number of amides is 1. The van der Waals surface area contributed by atoms with Gasteiger partial charge < -0.3 is 14.8 Å². The van der Waals surface area contributed by atoms with Crippen LogP contribution >= 0.6 is 11.3 Å². The second-order valence-electron chi connectivity index (χ2n) is 6.13. The summed E-state index contributed by atoms with van der Waals surface area (Å²) in [7, 11) is 1.30. The Labute approximate surface area is 166 Å². The Hall–Kier alpha value is -3.19. The van der Waals surface area contributed by atoms with Gasteiger partial charge in [-0.15, -0.1) is 11.3 Å². The number of esters is 1. The zero-order valence-electron chi connectivity index (χ0n) is 15.7. The number of ether oxygens (including phenoxy) is 2. The molecule has 3 rings (SSSR count). The van der Waals surface area contributed by atoms with Crippen LogP contribution in [0.1, 0.15) is 31.2 Å². The predicted octanol–water partition coefficient (Wildman–Crippen LogP) is 4.13. The molecule has 2 aromatic carbocycles. The smallest absolute Gasteiger partial charge is 0.341 e. The molecule has 7 heteroatoms. The van der Waals surface area contributed by atoms with Gasteiger partial charge in [-0.1, -0.05) is 30.3 Å². The Morgan fingerprint density at radius 3 is 2.61 bits per heavy atom. The molecule has 0 fully saturated rings. The van der Waals surface area contributed by atoms with E-state index in [1.54, 1.807) is 13.0 Å². The summed E-state index contributed by atoms with van der Waals surface area (Å²) in [5.41, 5.74) is 1.51. The predicted molar refractivity (Wildman–Crippen MR) is 109 cm³/mol. The summed E-state index contributed by atoms with van der Waals surface area (Å²) in [6.07, 6.45) is 0.719. The first-order valence-electron chi connectivity index (χ1n) is 8.54. The number of aldehydes is 1. The molecule has 0 radical (unpaired) electrons. The summed E-state index contributed by atoms with van der Waals surface area (Å²) in [5, 5.41) is 4.79. The van der Waals surface area contributed by atoms with Crippen molar-refractivity contribution in [3.8, 4) is 5.75 Å². The molecule has 0 aliphatic rings. The lowest BCUT2D eigenvalue weighted by atomic mass is 10.0. The highest BCUT2D eigenvalue weighted by atomic mass is 32.1. The summed E-state index contributed by atoms with van der Waals surface area (Å²) in [6, 6.07) is 10.9. The molecule has 0 atom stereocenters. The van der Waals surface area contributed by atoms with Crippen molar-refractivity contribution in [2.45, 2.75) is 13.8 Å². The maximum atomic E-state index is 12.4. The van der Waals surface area contributed by atoms with Gasteiger partial charge in [0.25, 0.3) is 5.91 Å². The van der Waals surface area contributed by atoms with Crippen molar-refractivity contribution < 1.29 is 23.9 Å². The maximum absolute atomic E-state index is 12.4. The Morgan fingerprint density at radius 2 is 1.89 bits per heavy atom. The first kappa shape index (κ1) is 19.6. The number of hydrogen-bond acceptors (Lipinski definition) is 6. The van der Waals surface area contributed by atoms with Crippen molar-refractivity contribution in [2.75, 3.05) is 19.0 Å². The molecule has 6 nitrogen and oxygen atoms in total. The van der Waals surface area contributed by atoms with Crippen LogP contribution in [0.25, 0.3) is 10.8 Å². The number of hydrogen-bond donors (Lipinski definition) is 1. The van der Waals surface area contributed by atoms with Crippen LogP contribution in [0.5, 0.6) is 5.75 Å². The Morgan fingerprint density at radius 1 is 1.14 bits per heavy atom. The van der Waals surface area contributed by atoms with E-state index in [-0.39, 0.29) is 6.61 Å². The normalized spacial score (nSPS) is 10.5. The van der Waals surface area contributed by atoms with E-state index in [9.17, 15) is 14.4 Å². The minimum atomic E-state index is -0.504. The van der Waals surface area contributed by atoms with Crippen molar-refractivity contribution in [3.05, 3.63) is 58.0 Å². The molecule has 144 valence electrons. The first-order valence-corrected chi connectivity index (χ1v) is 9.35. The third-order valence-electron chi connectivity index (χ3n) is 4.44. The lowest BCUT2D eigenvalue weighted by Gasteiger charge is -2.11. The van der Waals surface area contributed by atoms with Gasteiger partial charge in [-0.05, 0) is 36.2 Å². The SMILES string of the molecule is COC(=O)c1c(NC(=O)COc2ccc3ccccc3c2C=O)sc(C)c1C. The van der Waals surface area contributed by atoms with Gasteiger partial charge in [0.1, 0.15) is 10.8 Å². The molecule has 0 bridgehead atoms. The van der Waals surface area contributed by atoms with E-state index in [1.807, 2.05) is 37.3 Å². The summed E-state index contributed by atoms with van der Waals surface area (Å²) < 4.78 is 10.4. The lowest BCUT2D eigenvalue weighted by molar-refractivity contribution is -0.118. The number of fused-ring (bicyclic) bond motifs is 1. The summed E-state index contributed by atoms with van der Waals surface area (Å²) in [5.74, 6) is -0.608. The number of methoxy groups -OCH3 is 1. The molecule has 0 spiro atoms. The second-order valence-corrected chi connectivity index (χ2v) is 7.36. The quantitative estimate of drug-likeness (QED) is 0.499. The van der Waals surface area contributed by atoms with Crippen molar-refractivity contribution in [1.82, 2.24) is 0 Å². The molecular formula is C21H19NO5S. The van der Waals surface area contributed by atoms with Gasteiger partial charge >= 0.3 is 5.97 Å². The number of carbonyl (C=O) groups is 3. The second kappa shape index (κ2) is 8.22. The van der Waals surface area contributed by atoms with Gasteiger partial charge in [-0.3, -0.25) is 9.59 Å². The third kappa shape index (κ3) is 3.75. The van der Waals surface area contributed by atoms with Crippen molar-refractivity contribution in [1.29, 1.82) is 0 Å². The Balaban J connectivity index is 1.77. The third-order valence-corrected chi connectivity index (χ3v) is 5.56. The molecule has 0 aliphatic heterocycles. The lowest BCUT2D eigenvalue weighted by Crippen LogP contribution is -2.21. The van der Waals surface area contributed by atoms with Gasteiger partial charge in [0, 0.05) is 4.88 Å². The van der Waals surface area contributed by atoms with Crippen LogP contribution in [0.4, 0.5) is 5.00 Å². The van der Waals surface area contributed by atoms with Gasteiger partial charge in [0.15, 0.2) is 12.9 Å². The summed E-state index contributed by atoms with van der Waals surface area (Å²) in [4.78, 5) is 36.8. The van der Waals surface area contributed by atoms with Gasteiger partial charge in [0.2, 0.25) is 0 Å². The van der Waals surface area contributed by atoms with Crippen LogP contribution in [0.3, 0.4) is 0 Å². The Kier molecular flexibility index (Phi) is 5.75. The molecule has 0 unspecified atom stereocenters. The van der Waals surface area contributed by atoms with E-state index in [1.165, 1.54) is 18.4 Å². The Bertz CT molecular complexity index is 1070. The van der Waals surface area contributed by atoms with Crippen molar-refractivity contribution >= 4 is 45.3 Å². The van der Waals surface area contributed by atoms with Crippen LogP contribution in [0.2, 0.25) is 0 Å². The number of anilines is 1. The highest BCUT2D eigenvalue weighted by Crippen LogP contribution is 2.33. The van der Waals surface area contributed by atoms with Crippen LogP contribution < -0.4 is 10.1 Å². The van der Waals surface area contributed by atoms with E-state index in [4.69, 9.17) is 9.47 Å². The van der Waals surface area contributed by atoms with E-state index in [0.717, 1.165) is 27.5 Å². The molecule has 1 aromatic heterocycles. The highest BCUT2D eigenvalue weighted by Gasteiger charge is 2.21. The number of carbonyl (C=O) groups excluding carboxylic acids is 3. The molecule has 3 aromatic rings. The van der Waals surface area contributed by atoms with Crippen molar-refractivity contribution in [3.63, 3.8) is 0 Å². The van der Waals surface area contributed by atoms with Crippen LogP contribution in [0, 0.1) is 13.8 Å². The fourth-order valence-electron chi connectivity index (χ4n) is 2.89. The van der Waals surface area contributed by atoms with Gasteiger partial charge in [-0.2, -0.15) is 0 Å². The number of thiophene rings is 1. The average Bonchev–Trinajstić information content (AvgIpc) is 2.98. The van der Waals surface area contributed by atoms with E-state index >= 15 is 0 Å². The molecular weight excluding hydrogens is 378 g/mol. The molecule has 0 saturated heterocycles. The number of nitrogens with one attached hydrogen (secondary N) is 1. The highest BCUT2D eigenvalue weighted by molar-refractivity contribution is 7.16. The minimum absolute atomic E-state index is 0.296. The van der Waals surface area contributed by atoms with Crippen molar-refractivity contribution in [2.24, 2.45) is 0 Å². The minimum Gasteiger partial charge on any atom is -0.483 e. The van der Waals surface area contributed by atoms with Gasteiger partial charge in [-0.25, -0.2) is 4.79 Å². The molecule has 1 heterocycles.